The van der Waals surface area contributed by atoms with Gasteiger partial charge in [-0.3, -0.25) is 0 Å². The van der Waals surface area contributed by atoms with Gasteiger partial charge in [0, 0.05) is 0 Å². The fourth-order valence-corrected chi connectivity index (χ4v) is 2.10. The summed E-state index contributed by atoms with van der Waals surface area (Å²) < 4.78 is 0. The van der Waals surface area contributed by atoms with Gasteiger partial charge in [0.25, 0.3) is 0 Å². The van der Waals surface area contributed by atoms with Crippen LogP contribution in [0.4, 0.5) is 0 Å². The van der Waals surface area contributed by atoms with Crippen LogP contribution in [-0.2, 0) is 0 Å². The molecular formula is C11H20. The monoisotopic (exact) mass is 152 g/mol. The number of hydrogen-bond acceptors (Lipinski definition) is 0. The third kappa shape index (κ3) is 1.36. The Morgan fingerprint density at radius 1 is 1.64 bits per heavy atom. The molecule has 0 heterocycles. The SMILES string of the molecule is C=C(C(C)C)C1(C)CC1CC. The molecule has 0 radical (unpaired) electrons. The lowest BCUT2D eigenvalue weighted by atomic mass is 9.88. The minimum Gasteiger partial charge on any atom is -0.0990 e. The maximum atomic E-state index is 4.19. The Morgan fingerprint density at radius 3 is 2.45 bits per heavy atom. The molecule has 64 valence electrons. The maximum absolute atomic E-state index is 4.19. The molecule has 1 rings (SSSR count). The Morgan fingerprint density at radius 2 is 2.18 bits per heavy atom. The molecule has 0 aromatic rings. The highest BCUT2D eigenvalue weighted by Gasteiger charge is 2.50. The highest BCUT2D eigenvalue weighted by atomic mass is 14.5. The van der Waals surface area contributed by atoms with Crippen LogP contribution in [0.2, 0.25) is 0 Å². The molecule has 0 aromatic heterocycles. The first-order valence-electron chi connectivity index (χ1n) is 4.71. The van der Waals surface area contributed by atoms with Crippen LogP contribution < -0.4 is 0 Å². The summed E-state index contributed by atoms with van der Waals surface area (Å²) in [6, 6.07) is 0. The van der Waals surface area contributed by atoms with Crippen molar-refractivity contribution < 1.29 is 0 Å². The Hall–Kier alpha value is -0.260. The van der Waals surface area contributed by atoms with Crippen LogP contribution in [0.25, 0.3) is 0 Å². The highest BCUT2D eigenvalue weighted by molar-refractivity contribution is 5.22. The fraction of sp³-hybridized carbons (Fsp3) is 0.818. The molecule has 11 heavy (non-hydrogen) atoms. The third-order valence-electron chi connectivity index (χ3n) is 3.33. The Labute approximate surface area is 70.7 Å². The summed E-state index contributed by atoms with van der Waals surface area (Å²) in [6.45, 7) is 13.3. The molecule has 0 aliphatic heterocycles. The van der Waals surface area contributed by atoms with Gasteiger partial charge < -0.3 is 0 Å². The summed E-state index contributed by atoms with van der Waals surface area (Å²) in [6.07, 6.45) is 2.70. The average Bonchev–Trinajstić information content (AvgIpc) is 2.61. The molecule has 0 spiro atoms. The van der Waals surface area contributed by atoms with Gasteiger partial charge >= 0.3 is 0 Å². The van der Waals surface area contributed by atoms with Crippen LogP contribution in [0.1, 0.15) is 40.5 Å². The van der Waals surface area contributed by atoms with Gasteiger partial charge in [-0.2, -0.15) is 0 Å². The Balaban J connectivity index is 2.56. The van der Waals surface area contributed by atoms with Crippen molar-refractivity contribution in [3.63, 3.8) is 0 Å². The lowest BCUT2D eigenvalue weighted by Crippen LogP contribution is -2.07. The van der Waals surface area contributed by atoms with Crippen LogP contribution in [-0.4, -0.2) is 0 Å². The van der Waals surface area contributed by atoms with Crippen molar-refractivity contribution in [1.82, 2.24) is 0 Å². The zero-order valence-corrected chi connectivity index (χ0v) is 8.28. The smallest absolute Gasteiger partial charge is 0.00851 e. The van der Waals surface area contributed by atoms with Crippen molar-refractivity contribution in [2.24, 2.45) is 17.3 Å². The zero-order chi connectivity index (χ0) is 8.65. The van der Waals surface area contributed by atoms with E-state index in [-0.39, 0.29) is 0 Å². The van der Waals surface area contributed by atoms with E-state index in [2.05, 4.69) is 34.3 Å². The van der Waals surface area contributed by atoms with Crippen LogP contribution >= 0.6 is 0 Å². The fourth-order valence-electron chi connectivity index (χ4n) is 2.10. The molecule has 0 aromatic carbocycles. The van der Waals surface area contributed by atoms with Gasteiger partial charge in [-0.15, -0.1) is 0 Å². The van der Waals surface area contributed by atoms with E-state index in [1.165, 1.54) is 18.4 Å². The first-order valence-corrected chi connectivity index (χ1v) is 4.71. The molecule has 2 atom stereocenters. The Bertz CT molecular complexity index is 167. The first kappa shape index (κ1) is 8.83. The molecule has 2 unspecified atom stereocenters. The molecule has 1 saturated carbocycles. The predicted molar refractivity (Wildman–Crippen MR) is 50.5 cm³/mol. The maximum Gasteiger partial charge on any atom is -0.00851 e. The van der Waals surface area contributed by atoms with E-state index in [9.17, 15) is 0 Å². The van der Waals surface area contributed by atoms with E-state index >= 15 is 0 Å². The summed E-state index contributed by atoms with van der Waals surface area (Å²) >= 11 is 0. The second-order valence-corrected chi connectivity index (χ2v) is 4.41. The van der Waals surface area contributed by atoms with Crippen molar-refractivity contribution in [2.45, 2.75) is 40.5 Å². The average molecular weight is 152 g/mol. The van der Waals surface area contributed by atoms with Crippen molar-refractivity contribution in [3.8, 4) is 0 Å². The molecule has 0 amide bonds. The van der Waals surface area contributed by atoms with Crippen LogP contribution in [0.15, 0.2) is 12.2 Å². The molecule has 0 N–H and O–H groups in total. The van der Waals surface area contributed by atoms with Gasteiger partial charge in [0.2, 0.25) is 0 Å². The summed E-state index contributed by atoms with van der Waals surface area (Å²) in [7, 11) is 0. The Kier molecular flexibility index (Phi) is 2.13. The van der Waals surface area contributed by atoms with E-state index in [0.29, 0.717) is 11.3 Å². The van der Waals surface area contributed by atoms with Crippen LogP contribution in [0.5, 0.6) is 0 Å². The number of rotatable bonds is 3. The molecule has 0 saturated heterocycles. The molecule has 1 fully saturated rings. The van der Waals surface area contributed by atoms with Gasteiger partial charge in [-0.05, 0) is 23.7 Å². The van der Waals surface area contributed by atoms with E-state index in [1.807, 2.05) is 0 Å². The van der Waals surface area contributed by atoms with E-state index < -0.39 is 0 Å². The van der Waals surface area contributed by atoms with Crippen molar-refractivity contribution in [3.05, 3.63) is 12.2 Å². The van der Waals surface area contributed by atoms with Crippen molar-refractivity contribution in [2.75, 3.05) is 0 Å². The minimum absolute atomic E-state index is 0.503. The lowest BCUT2D eigenvalue weighted by molar-refractivity contribution is 0.517. The van der Waals surface area contributed by atoms with Crippen molar-refractivity contribution in [1.29, 1.82) is 0 Å². The number of hydrogen-bond donors (Lipinski definition) is 0. The summed E-state index contributed by atoms with van der Waals surface area (Å²) in [4.78, 5) is 0. The third-order valence-corrected chi connectivity index (χ3v) is 3.33. The first-order chi connectivity index (χ1) is 5.02. The topological polar surface area (TPSA) is 0 Å². The van der Waals surface area contributed by atoms with Gasteiger partial charge in [-0.25, -0.2) is 0 Å². The molecule has 0 bridgehead atoms. The second-order valence-electron chi connectivity index (χ2n) is 4.41. The van der Waals surface area contributed by atoms with E-state index in [0.717, 1.165) is 5.92 Å². The molecule has 1 aliphatic carbocycles. The lowest BCUT2D eigenvalue weighted by Gasteiger charge is -2.17. The van der Waals surface area contributed by atoms with E-state index in [4.69, 9.17) is 0 Å². The zero-order valence-electron chi connectivity index (χ0n) is 8.28. The molecule has 0 heteroatoms. The van der Waals surface area contributed by atoms with Gasteiger partial charge in [-0.1, -0.05) is 46.3 Å². The summed E-state index contributed by atoms with van der Waals surface area (Å²) in [5.41, 5.74) is 1.97. The normalized spacial score (nSPS) is 35.9. The molecule has 0 nitrogen and oxygen atoms in total. The quantitative estimate of drug-likeness (QED) is 0.542. The van der Waals surface area contributed by atoms with Crippen LogP contribution in [0, 0.1) is 17.3 Å². The second kappa shape index (κ2) is 2.66. The minimum atomic E-state index is 0.503. The van der Waals surface area contributed by atoms with Gasteiger partial charge in [0.05, 0.1) is 0 Å². The standard InChI is InChI=1S/C11H20/c1-6-10-7-11(10,5)9(4)8(2)3/h8,10H,4,6-7H2,1-3,5H3. The van der Waals surface area contributed by atoms with Crippen LogP contribution in [0.3, 0.4) is 0 Å². The van der Waals surface area contributed by atoms with Gasteiger partial charge in [0.1, 0.15) is 0 Å². The van der Waals surface area contributed by atoms with Gasteiger partial charge in [0.15, 0.2) is 0 Å². The number of allylic oxidation sites excluding steroid dienone is 1. The molecule has 1 aliphatic rings. The highest BCUT2D eigenvalue weighted by Crippen LogP contribution is 2.60. The predicted octanol–water partition coefficient (Wildman–Crippen LogP) is 3.63. The van der Waals surface area contributed by atoms with Crippen molar-refractivity contribution >= 4 is 0 Å². The largest absolute Gasteiger partial charge is 0.0990 e. The van der Waals surface area contributed by atoms with E-state index in [1.54, 1.807) is 0 Å². The summed E-state index contributed by atoms with van der Waals surface area (Å²) in [5, 5.41) is 0. The molecular weight excluding hydrogens is 132 g/mol. The summed E-state index contributed by atoms with van der Waals surface area (Å²) in [5.74, 6) is 1.59.